The predicted molar refractivity (Wildman–Crippen MR) is 78.5 cm³/mol. The molecular formula is C14H19N3O3S. The number of likely N-dealkylation sites (N-methyl/N-ethyl adjacent to an activating group) is 1. The Labute approximate surface area is 127 Å². The molecule has 0 bridgehead atoms. The van der Waals surface area contributed by atoms with Crippen molar-refractivity contribution in [1.82, 2.24) is 14.8 Å². The smallest absolute Gasteiger partial charge is 0.410 e. The number of rotatable bonds is 3. The van der Waals surface area contributed by atoms with Gasteiger partial charge in [0.1, 0.15) is 5.69 Å². The SMILES string of the molecule is CCCc1nc(C(=O)N2CC[C@@]3(CN(C)C(=O)O3)C2)cs1. The molecule has 2 aliphatic rings. The van der Waals surface area contributed by atoms with E-state index in [1.807, 2.05) is 5.38 Å². The molecule has 0 aliphatic carbocycles. The first-order valence-corrected chi connectivity index (χ1v) is 8.09. The largest absolute Gasteiger partial charge is 0.439 e. The van der Waals surface area contributed by atoms with Crippen molar-refractivity contribution in [2.24, 2.45) is 0 Å². The average Bonchev–Trinajstić information content (AvgIpc) is 3.12. The predicted octanol–water partition coefficient (Wildman–Crippen LogP) is 1.76. The Morgan fingerprint density at radius 1 is 1.52 bits per heavy atom. The number of likely N-dealkylation sites (tertiary alicyclic amines) is 1. The molecule has 2 amide bonds. The van der Waals surface area contributed by atoms with Crippen molar-refractivity contribution < 1.29 is 14.3 Å². The van der Waals surface area contributed by atoms with Crippen LogP contribution in [0.4, 0.5) is 4.79 Å². The number of hydrogen-bond donors (Lipinski definition) is 0. The minimum atomic E-state index is -0.524. The highest BCUT2D eigenvalue weighted by molar-refractivity contribution is 7.09. The Bertz CT molecular complexity index is 574. The average molecular weight is 309 g/mol. The number of thiazole rings is 1. The second kappa shape index (κ2) is 5.29. The first kappa shape index (κ1) is 14.3. The van der Waals surface area contributed by atoms with Crippen LogP contribution in [0.3, 0.4) is 0 Å². The molecule has 0 saturated carbocycles. The molecule has 2 fully saturated rings. The zero-order valence-corrected chi connectivity index (χ0v) is 13.1. The topological polar surface area (TPSA) is 62.7 Å². The van der Waals surface area contributed by atoms with Crippen LogP contribution >= 0.6 is 11.3 Å². The second-order valence-corrected chi connectivity index (χ2v) is 6.70. The standard InChI is InChI=1S/C14H19N3O3S/c1-3-4-11-15-10(7-21-11)12(18)17-6-5-14(9-17)8-16(2)13(19)20-14/h7H,3-6,8-9H2,1-2H3/t14-/m1/s1. The van der Waals surface area contributed by atoms with Crippen molar-refractivity contribution in [3.8, 4) is 0 Å². The van der Waals surface area contributed by atoms with E-state index >= 15 is 0 Å². The van der Waals surface area contributed by atoms with Crippen LogP contribution in [0.2, 0.25) is 0 Å². The summed E-state index contributed by atoms with van der Waals surface area (Å²) >= 11 is 1.53. The summed E-state index contributed by atoms with van der Waals surface area (Å²) in [5.74, 6) is -0.0592. The molecule has 3 rings (SSSR count). The van der Waals surface area contributed by atoms with Crippen molar-refractivity contribution in [2.75, 3.05) is 26.7 Å². The van der Waals surface area contributed by atoms with E-state index < -0.39 is 5.60 Å². The van der Waals surface area contributed by atoms with E-state index in [0.717, 1.165) is 17.8 Å². The number of aromatic nitrogens is 1. The van der Waals surface area contributed by atoms with E-state index in [0.29, 0.717) is 31.7 Å². The van der Waals surface area contributed by atoms with Gasteiger partial charge in [0.05, 0.1) is 18.1 Å². The van der Waals surface area contributed by atoms with Gasteiger partial charge in [0.15, 0.2) is 5.60 Å². The van der Waals surface area contributed by atoms with Crippen molar-refractivity contribution in [1.29, 1.82) is 0 Å². The third kappa shape index (κ3) is 2.62. The minimum Gasteiger partial charge on any atom is -0.439 e. The first-order chi connectivity index (χ1) is 10.0. The van der Waals surface area contributed by atoms with Crippen molar-refractivity contribution >= 4 is 23.3 Å². The maximum Gasteiger partial charge on any atom is 0.410 e. The summed E-state index contributed by atoms with van der Waals surface area (Å²) in [6.45, 7) is 3.72. The van der Waals surface area contributed by atoms with Gasteiger partial charge < -0.3 is 14.5 Å². The van der Waals surface area contributed by atoms with Gasteiger partial charge in [-0.1, -0.05) is 6.92 Å². The van der Waals surface area contributed by atoms with E-state index in [-0.39, 0.29) is 12.0 Å². The Morgan fingerprint density at radius 2 is 2.33 bits per heavy atom. The van der Waals surface area contributed by atoms with Crippen LogP contribution in [0.15, 0.2) is 5.38 Å². The molecule has 2 aliphatic heterocycles. The second-order valence-electron chi connectivity index (χ2n) is 5.76. The summed E-state index contributed by atoms with van der Waals surface area (Å²) in [6, 6.07) is 0. The summed E-state index contributed by atoms with van der Waals surface area (Å²) in [7, 11) is 1.72. The fourth-order valence-corrected chi connectivity index (χ4v) is 3.80. The van der Waals surface area contributed by atoms with Gasteiger partial charge in [-0.3, -0.25) is 4.79 Å². The highest BCUT2D eigenvalue weighted by Gasteiger charge is 2.49. The molecular weight excluding hydrogens is 290 g/mol. The highest BCUT2D eigenvalue weighted by Crippen LogP contribution is 2.32. The monoisotopic (exact) mass is 309 g/mol. The molecule has 7 heteroatoms. The van der Waals surface area contributed by atoms with Gasteiger partial charge >= 0.3 is 6.09 Å². The first-order valence-electron chi connectivity index (χ1n) is 7.21. The summed E-state index contributed by atoms with van der Waals surface area (Å²) < 4.78 is 5.46. The Hall–Kier alpha value is -1.63. The molecule has 0 radical (unpaired) electrons. The lowest BCUT2D eigenvalue weighted by atomic mass is 10.0. The fraction of sp³-hybridized carbons (Fsp3) is 0.643. The summed E-state index contributed by atoms with van der Waals surface area (Å²) in [5.41, 5.74) is -0.0118. The van der Waals surface area contributed by atoms with E-state index in [1.54, 1.807) is 16.8 Å². The number of amides is 2. The molecule has 1 atom stereocenters. The molecule has 2 saturated heterocycles. The Balaban J connectivity index is 1.68. The van der Waals surface area contributed by atoms with Gasteiger partial charge in [-0.2, -0.15) is 0 Å². The molecule has 21 heavy (non-hydrogen) atoms. The van der Waals surface area contributed by atoms with Crippen molar-refractivity contribution in [2.45, 2.75) is 31.8 Å². The van der Waals surface area contributed by atoms with Gasteiger partial charge in [-0.15, -0.1) is 11.3 Å². The van der Waals surface area contributed by atoms with Gasteiger partial charge in [0.2, 0.25) is 0 Å². The molecule has 3 heterocycles. The molecule has 0 aromatic carbocycles. The molecule has 0 N–H and O–H groups in total. The number of ether oxygens (including phenoxy) is 1. The number of hydrogen-bond acceptors (Lipinski definition) is 5. The molecule has 0 unspecified atom stereocenters. The van der Waals surface area contributed by atoms with E-state index in [2.05, 4.69) is 11.9 Å². The molecule has 6 nitrogen and oxygen atoms in total. The van der Waals surface area contributed by atoms with Gasteiger partial charge in [-0.25, -0.2) is 9.78 Å². The van der Waals surface area contributed by atoms with E-state index in [1.165, 1.54) is 11.3 Å². The maximum atomic E-state index is 12.5. The molecule has 1 aromatic heterocycles. The van der Waals surface area contributed by atoms with Crippen LogP contribution in [0.25, 0.3) is 0 Å². The van der Waals surface area contributed by atoms with Gasteiger partial charge in [-0.05, 0) is 12.8 Å². The van der Waals surface area contributed by atoms with E-state index in [4.69, 9.17) is 4.74 Å². The lowest BCUT2D eigenvalue weighted by Crippen LogP contribution is -2.39. The number of aryl methyl sites for hydroxylation is 1. The molecule has 1 aromatic rings. The molecule has 114 valence electrons. The zero-order chi connectivity index (χ0) is 15.0. The number of carbonyl (C=O) groups is 2. The lowest BCUT2D eigenvalue weighted by Gasteiger charge is -2.21. The number of carbonyl (C=O) groups excluding carboxylic acids is 2. The third-order valence-electron chi connectivity index (χ3n) is 3.98. The summed E-state index contributed by atoms with van der Waals surface area (Å²) in [5, 5.41) is 2.83. The quantitative estimate of drug-likeness (QED) is 0.853. The van der Waals surface area contributed by atoms with Crippen LogP contribution in [0.5, 0.6) is 0 Å². The van der Waals surface area contributed by atoms with E-state index in [9.17, 15) is 9.59 Å². The summed E-state index contributed by atoms with van der Waals surface area (Å²) in [4.78, 5) is 31.7. The van der Waals surface area contributed by atoms with Crippen LogP contribution < -0.4 is 0 Å². The normalized spacial score (nSPS) is 25.0. The highest BCUT2D eigenvalue weighted by atomic mass is 32.1. The Kier molecular flexibility index (Phi) is 3.61. The van der Waals surface area contributed by atoms with Gasteiger partial charge in [0, 0.05) is 25.4 Å². The Morgan fingerprint density at radius 3 is 3.00 bits per heavy atom. The van der Waals surface area contributed by atoms with Crippen LogP contribution in [0, 0.1) is 0 Å². The minimum absolute atomic E-state index is 0.0592. The fourth-order valence-electron chi connectivity index (χ4n) is 2.92. The number of nitrogens with zero attached hydrogens (tertiary/aromatic N) is 3. The van der Waals surface area contributed by atoms with Crippen molar-refractivity contribution in [3.05, 3.63) is 16.1 Å². The third-order valence-corrected chi connectivity index (χ3v) is 4.89. The van der Waals surface area contributed by atoms with Crippen LogP contribution in [-0.2, 0) is 11.2 Å². The summed E-state index contributed by atoms with van der Waals surface area (Å²) in [6.07, 6.45) is 2.32. The molecule has 1 spiro atoms. The van der Waals surface area contributed by atoms with Crippen LogP contribution in [-0.4, -0.2) is 59.1 Å². The van der Waals surface area contributed by atoms with Crippen LogP contribution in [0.1, 0.15) is 35.3 Å². The lowest BCUT2D eigenvalue weighted by molar-refractivity contribution is 0.0551. The van der Waals surface area contributed by atoms with Crippen molar-refractivity contribution in [3.63, 3.8) is 0 Å². The van der Waals surface area contributed by atoms with Gasteiger partial charge in [0.25, 0.3) is 5.91 Å². The zero-order valence-electron chi connectivity index (χ0n) is 12.3. The maximum absolute atomic E-state index is 12.5.